The van der Waals surface area contributed by atoms with Crippen molar-refractivity contribution in [1.29, 1.82) is 0 Å². The van der Waals surface area contributed by atoms with E-state index in [1.54, 1.807) is 0 Å². The van der Waals surface area contributed by atoms with Crippen LogP contribution in [0.2, 0.25) is 0 Å². The van der Waals surface area contributed by atoms with Crippen LogP contribution in [0.15, 0.2) is 11.6 Å². The summed E-state index contributed by atoms with van der Waals surface area (Å²) in [5.74, 6) is -1.29. The molecular formula is C16H26O5. The second-order valence-electron chi connectivity index (χ2n) is 4.69. The van der Waals surface area contributed by atoms with Crippen molar-refractivity contribution < 1.29 is 23.9 Å². The Morgan fingerprint density at radius 1 is 0.857 bits per heavy atom. The van der Waals surface area contributed by atoms with Gasteiger partial charge in [0.15, 0.2) is 0 Å². The van der Waals surface area contributed by atoms with E-state index in [9.17, 15) is 14.4 Å². The number of hydrogen-bond donors (Lipinski definition) is 0. The quantitative estimate of drug-likeness (QED) is 0.138. The highest BCUT2D eigenvalue weighted by molar-refractivity contribution is 6.14. The Balaban J connectivity index is 4.54. The van der Waals surface area contributed by atoms with Crippen LogP contribution in [0.25, 0.3) is 0 Å². The molecule has 21 heavy (non-hydrogen) atoms. The molecule has 0 atom stereocenters. The van der Waals surface area contributed by atoms with Gasteiger partial charge in [-0.3, -0.25) is 0 Å². The third-order valence-electron chi connectivity index (χ3n) is 2.78. The fourth-order valence-electron chi connectivity index (χ4n) is 1.47. The lowest BCUT2D eigenvalue weighted by Gasteiger charge is -2.08. The molecule has 0 N–H and O–H groups in total. The van der Waals surface area contributed by atoms with E-state index in [1.807, 2.05) is 13.8 Å². The van der Waals surface area contributed by atoms with Crippen molar-refractivity contribution in [2.45, 2.75) is 58.8 Å². The molecule has 0 radical (unpaired) electrons. The van der Waals surface area contributed by atoms with E-state index in [0.717, 1.165) is 32.0 Å². The molecule has 0 rings (SSSR count). The van der Waals surface area contributed by atoms with Gasteiger partial charge in [-0.05, 0) is 25.7 Å². The summed E-state index contributed by atoms with van der Waals surface area (Å²) in [6.07, 6.45) is 7.12. The molecule has 0 aliphatic rings. The molecule has 0 spiro atoms. The zero-order chi connectivity index (χ0) is 15.9. The SMILES string of the molecule is CCCCOC(=O)C(=CCCCC=O)C(=O)OCCCC. The highest BCUT2D eigenvalue weighted by atomic mass is 16.6. The van der Waals surface area contributed by atoms with Crippen LogP contribution in [-0.4, -0.2) is 31.4 Å². The molecule has 0 saturated carbocycles. The third-order valence-corrected chi connectivity index (χ3v) is 2.78. The van der Waals surface area contributed by atoms with Crippen molar-refractivity contribution in [2.24, 2.45) is 0 Å². The van der Waals surface area contributed by atoms with Crippen LogP contribution >= 0.6 is 0 Å². The number of unbranched alkanes of at least 4 members (excludes halogenated alkanes) is 4. The minimum Gasteiger partial charge on any atom is -0.462 e. The van der Waals surface area contributed by atoms with Crippen molar-refractivity contribution in [3.63, 3.8) is 0 Å². The van der Waals surface area contributed by atoms with Gasteiger partial charge in [0.05, 0.1) is 13.2 Å². The lowest BCUT2D eigenvalue weighted by molar-refractivity contribution is -0.147. The number of carbonyl (C=O) groups is 3. The molecule has 0 unspecified atom stereocenters. The summed E-state index contributed by atoms with van der Waals surface area (Å²) in [6, 6.07) is 0. The Bertz CT molecular complexity index is 323. The van der Waals surface area contributed by atoms with Gasteiger partial charge in [0.25, 0.3) is 0 Å². The normalized spacial score (nSPS) is 9.81. The van der Waals surface area contributed by atoms with Crippen LogP contribution in [0.4, 0.5) is 0 Å². The Morgan fingerprint density at radius 3 is 1.81 bits per heavy atom. The minimum absolute atomic E-state index is 0.0619. The van der Waals surface area contributed by atoms with Gasteiger partial charge in [0.1, 0.15) is 11.9 Å². The second kappa shape index (κ2) is 13.3. The van der Waals surface area contributed by atoms with E-state index < -0.39 is 11.9 Å². The van der Waals surface area contributed by atoms with Gasteiger partial charge in [-0.15, -0.1) is 0 Å². The summed E-state index contributed by atoms with van der Waals surface area (Å²) in [6.45, 7) is 4.57. The molecule has 0 aromatic rings. The van der Waals surface area contributed by atoms with E-state index in [2.05, 4.69) is 0 Å². The van der Waals surface area contributed by atoms with E-state index >= 15 is 0 Å². The summed E-state index contributed by atoms with van der Waals surface area (Å²) in [4.78, 5) is 34.1. The summed E-state index contributed by atoms with van der Waals surface area (Å²) in [5.41, 5.74) is -0.0619. The van der Waals surface area contributed by atoms with Crippen molar-refractivity contribution >= 4 is 18.2 Å². The molecule has 120 valence electrons. The Kier molecular flexibility index (Phi) is 12.3. The maximum Gasteiger partial charge on any atom is 0.345 e. The Morgan fingerprint density at radius 2 is 1.38 bits per heavy atom. The number of rotatable bonds is 12. The summed E-state index contributed by atoms with van der Waals surface area (Å²) >= 11 is 0. The fraction of sp³-hybridized carbons (Fsp3) is 0.688. The highest BCUT2D eigenvalue weighted by Crippen LogP contribution is 2.08. The molecule has 0 aliphatic carbocycles. The molecule has 0 heterocycles. The molecule has 0 bridgehead atoms. The van der Waals surface area contributed by atoms with E-state index in [4.69, 9.17) is 9.47 Å². The van der Waals surface area contributed by atoms with Gasteiger partial charge in [-0.1, -0.05) is 32.8 Å². The number of esters is 2. The second-order valence-corrected chi connectivity index (χ2v) is 4.69. The van der Waals surface area contributed by atoms with E-state index in [0.29, 0.717) is 32.5 Å². The highest BCUT2D eigenvalue weighted by Gasteiger charge is 2.20. The van der Waals surface area contributed by atoms with Gasteiger partial charge in [-0.25, -0.2) is 9.59 Å². The average Bonchev–Trinajstić information content (AvgIpc) is 2.47. The lowest BCUT2D eigenvalue weighted by atomic mass is 10.1. The monoisotopic (exact) mass is 298 g/mol. The van der Waals surface area contributed by atoms with Crippen LogP contribution in [0.3, 0.4) is 0 Å². The van der Waals surface area contributed by atoms with Crippen LogP contribution in [0.1, 0.15) is 58.8 Å². The molecule has 5 heteroatoms. The molecule has 0 aliphatic heterocycles. The number of hydrogen-bond acceptors (Lipinski definition) is 5. The molecule has 0 aromatic carbocycles. The first-order valence-corrected chi connectivity index (χ1v) is 7.65. The van der Waals surface area contributed by atoms with Crippen LogP contribution < -0.4 is 0 Å². The lowest BCUT2D eigenvalue weighted by Crippen LogP contribution is -2.19. The zero-order valence-corrected chi connectivity index (χ0v) is 13.1. The van der Waals surface area contributed by atoms with E-state index in [-0.39, 0.29) is 5.57 Å². The van der Waals surface area contributed by atoms with Gasteiger partial charge in [-0.2, -0.15) is 0 Å². The van der Waals surface area contributed by atoms with Gasteiger partial charge in [0, 0.05) is 6.42 Å². The van der Waals surface area contributed by atoms with Crippen LogP contribution in [0.5, 0.6) is 0 Å². The number of carbonyl (C=O) groups excluding carboxylic acids is 3. The zero-order valence-electron chi connectivity index (χ0n) is 13.1. The maximum atomic E-state index is 11.9. The first-order chi connectivity index (χ1) is 10.2. The topological polar surface area (TPSA) is 69.7 Å². The molecule has 5 nitrogen and oxygen atoms in total. The van der Waals surface area contributed by atoms with Crippen LogP contribution in [-0.2, 0) is 23.9 Å². The molecule has 0 amide bonds. The van der Waals surface area contributed by atoms with Crippen molar-refractivity contribution in [1.82, 2.24) is 0 Å². The predicted molar refractivity (Wildman–Crippen MR) is 79.7 cm³/mol. The molecule has 0 fully saturated rings. The fourth-order valence-corrected chi connectivity index (χ4v) is 1.47. The minimum atomic E-state index is -0.643. The standard InChI is InChI=1S/C16H26O5/c1-3-5-12-20-15(18)14(10-8-7-9-11-17)16(19)21-13-6-4-2/h10-11H,3-9,12-13H2,1-2H3. The average molecular weight is 298 g/mol. The summed E-state index contributed by atoms with van der Waals surface area (Å²) < 4.78 is 10.1. The van der Waals surface area contributed by atoms with Crippen molar-refractivity contribution in [3.05, 3.63) is 11.6 Å². The van der Waals surface area contributed by atoms with Gasteiger partial charge < -0.3 is 14.3 Å². The number of aldehydes is 1. The molecule has 0 aromatic heterocycles. The molecular weight excluding hydrogens is 272 g/mol. The predicted octanol–water partition coefficient (Wildman–Crippen LogP) is 2.97. The third kappa shape index (κ3) is 9.82. The summed E-state index contributed by atoms with van der Waals surface area (Å²) in [7, 11) is 0. The Labute approximate surface area is 126 Å². The first kappa shape index (κ1) is 19.4. The molecule has 0 saturated heterocycles. The largest absolute Gasteiger partial charge is 0.462 e. The number of allylic oxidation sites excluding steroid dienone is 1. The summed E-state index contributed by atoms with van der Waals surface area (Å²) in [5, 5.41) is 0. The van der Waals surface area contributed by atoms with Crippen LogP contribution in [0, 0.1) is 0 Å². The smallest absolute Gasteiger partial charge is 0.345 e. The van der Waals surface area contributed by atoms with E-state index in [1.165, 1.54) is 6.08 Å². The van der Waals surface area contributed by atoms with Gasteiger partial charge >= 0.3 is 11.9 Å². The maximum absolute atomic E-state index is 11.9. The van der Waals surface area contributed by atoms with Gasteiger partial charge in [0.2, 0.25) is 0 Å². The van der Waals surface area contributed by atoms with Crippen molar-refractivity contribution in [3.8, 4) is 0 Å². The van der Waals surface area contributed by atoms with Crippen molar-refractivity contribution in [2.75, 3.05) is 13.2 Å². The number of ether oxygens (including phenoxy) is 2. The Hall–Kier alpha value is -1.65. The first-order valence-electron chi connectivity index (χ1n) is 7.65.